The van der Waals surface area contributed by atoms with Gasteiger partial charge < -0.3 is 20.0 Å². The van der Waals surface area contributed by atoms with Gasteiger partial charge in [0.05, 0.1) is 30.2 Å². The Labute approximate surface area is 215 Å². The fraction of sp³-hybridized carbons (Fsp3) is 0.360. The van der Waals surface area contributed by atoms with Gasteiger partial charge in [0, 0.05) is 11.8 Å². The quantitative estimate of drug-likeness (QED) is 0.0896. The van der Waals surface area contributed by atoms with Gasteiger partial charge in [0.2, 0.25) is 0 Å². The Bertz CT molecular complexity index is 1190. The molecule has 0 amide bonds. The Balaban J connectivity index is 2.31. The summed E-state index contributed by atoms with van der Waals surface area (Å²) in [6.07, 6.45) is 3.47. The highest BCUT2D eigenvalue weighted by molar-refractivity contribution is 7.90. The lowest BCUT2D eigenvalue weighted by molar-refractivity contribution is -0.757. The fourth-order valence-electron chi connectivity index (χ4n) is 3.37. The summed E-state index contributed by atoms with van der Waals surface area (Å²) in [7, 11) is -3.44. The minimum atomic E-state index is -3.44. The summed E-state index contributed by atoms with van der Waals surface area (Å²) in [5.74, 6) is -1.32. The second-order valence-corrected chi connectivity index (χ2v) is 10.0. The monoisotopic (exact) mass is 534 g/mol. The molecular formula is C25H30N2O9S. The van der Waals surface area contributed by atoms with E-state index in [4.69, 9.17) is 15.2 Å². The van der Waals surface area contributed by atoms with Crippen molar-refractivity contribution >= 4 is 32.9 Å². The smallest absolute Gasteiger partial charge is 0.339 e. The first kappa shape index (κ1) is 29.5. The SMILES string of the molecule is CS(=O)(=O)c1ccc(/C(COC(=O)CN)=C(/C(=O)OCCCCCCO[N+](=O)[O-])c2ccccc2)cc1. The number of sulfone groups is 1. The van der Waals surface area contributed by atoms with E-state index in [0.717, 1.165) is 6.26 Å². The molecule has 0 aromatic heterocycles. The van der Waals surface area contributed by atoms with Crippen LogP contribution in [0, 0.1) is 10.1 Å². The lowest BCUT2D eigenvalue weighted by Gasteiger charge is -2.16. The van der Waals surface area contributed by atoms with Crippen molar-refractivity contribution in [3.05, 3.63) is 75.8 Å². The standard InChI is InChI=1S/C25H30N2O9S/c1-37(32,33)21-13-11-19(12-14-21)22(18-35-23(28)17-26)24(20-9-5-4-6-10-20)25(29)34-15-7-2-3-8-16-36-27(30)31/h4-6,9-14H,2-3,7-8,15-18,26H2,1H3/b24-22+. The van der Waals surface area contributed by atoms with E-state index in [0.29, 0.717) is 42.4 Å². The van der Waals surface area contributed by atoms with Crippen molar-refractivity contribution in [3.63, 3.8) is 0 Å². The molecule has 2 aromatic carbocycles. The average molecular weight is 535 g/mol. The summed E-state index contributed by atoms with van der Waals surface area (Å²) in [6, 6.07) is 14.6. The molecule has 2 N–H and O–H groups in total. The molecule has 0 atom stereocenters. The number of ether oxygens (including phenoxy) is 2. The number of carbonyl (C=O) groups is 2. The number of nitrogens with two attached hydrogens (primary N) is 1. The minimum absolute atomic E-state index is 0.0106. The van der Waals surface area contributed by atoms with Crippen LogP contribution in [0.15, 0.2) is 59.5 Å². The number of nitrogens with zero attached hydrogens (tertiary/aromatic N) is 1. The van der Waals surface area contributed by atoms with Crippen LogP contribution in [0.1, 0.15) is 36.8 Å². The summed E-state index contributed by atoms with van der Waals surface area (Å²) < 4.78 is 34.5. The first-order chi connectivity index (χ1) is 17.6. The minimum Gasteiger partial charge on any atom is -0.462 e. The molecule has 11 nitrogen and oxygen atoms in total. The maximum absolute atomic E-state index is 13.3. The van der Waals surface area contributed by atoms with Crippen molar-refractivity contribution in [2.24, 2.45) is 5.73 Å². The third-order valence-electron chi connectivity index (χ3n) is 5.21. The van der Waals surface area contributed by atoms with Crippen molar-refractivity contribution in [2.45, 2.75) is 30.6 Å². The van der Waals surface area contributed by atoms with Crippen LogP contribution >= 0.6 is 0 Å². The lowest BCUT2D eigenvalue weighted by atomic mass is 9.95. The zero-order chi connectivity index (χ0) is 27.3. The van der Waals surface area contributed by atoms with E-state index in [1.807, 2.05) is 0 Å². The highest BCUT2D eigenvalue weighted by atomic mass is 32.2. The van der Waals surface area contributed by atoms with Gasteiger partial charge in [0.25, 0.3) is 5.09 Å². The molecule has 0 aliphatic rings. The Morgan fingerprint density at radius 3 is 2.08 bits per heavy atom. The van der Waals surface area contributed by atoms with Crippen LogP contribution in [0.2, 0.25) is 0 Å². The van der Waals surface area contributed by atoms with Crippen LogP contribution in [0.3, 0.4) is 0 Å². The number of carbonyl (C=O) groups excluding carboxylic acids is 2. The zero-order valence-electron chi connectivity index (χ0n) is 20.5. The Hall–Kier alpha value is -3.77. The van der Waals surface area contributed by atoms with Crippen LogP contribution in [-0.2, 0) is 33.7 Å². The van der Waals surface area contributed by atoms with Crippen molar-refractivity contribution < 1.29 is 37.4 Å². The highest BCUT2D eigenvalue weighted by Gasteiger charge is 2.22. The Morgan fingerprint density at radius 1 is 0.892 bits per heavy atom. The van der Waals surface area contributed by atoms with Gasteiger partial charge in [-0.3, -0.25) is 4.79 Å². The molecule has 0 heterocycles. The van der Waals surface area contributed by atoms with E-state index in [2.05, 4.69) is 4.84 Å². The van der Waals surface area contributed by atoms with Crippen molar-refractivity contribution in [2.75, 3.05) is 32.6 Å². The normalized spacial score (nSPS) is 11.8. The van der Waals surface area contributed by atoms with Gasteiger partial charge in [-0.1, -0.05) is 48.9 Å². The summed E-state index contributed by atoms with van der Waals surface area (Å²) >= 11 is 0. The molecule has 200 valence electrons. The second-order valence-electron chi connectivity index (χ2n) is 7.99. The molecule has 2 rings (SSSR count). The van der Waals surface area contributed by atoms with E-state index in [-0.39, 0.29) is 36.8 Å². The third kappa shape index (κ3) is 10.0. The number of hydrogen-bond donors (Lipinski definition) is 1. The molecule has 0 saturated carbocycles. The molecular weight excluding hydrogens is 504 g/mol. The molecule has 0 spiro atoms. The van der Waals surface area contributed by atoms with E-state index in [9.17, 15) is 28.1 Å². The Morgan fingerprint density at radius 2 is 1.51 bits per heavy atom. The molecule has 2 aromatic rings. The molecule has 0 saturated heterocycles. The van der Waals surface area contributed by atoms with E-state index < -0.39 is 26.9 Å². The van der Waals surface area contributed by atoms with Gasteiger partial charge in [-0.25, -0.2) is 13.2 Å². The molecule has 0 radical (unpaired) electrons. The first-order valence-corrected chi connectivity index (χ1v) is 13.4. The summed E-state index contributed by atoms with van der Waals surface area (Å²) in [5, 5.41) is 9.33. The van der Waals surface area contributed by atoms with Gasteiger partial charge in [-0.05, 0) is 42.5 Å². The molecule has 37 heavy (non-hydrogen) atoms. The van der Waals surface area contributed by atoms with Crippen LogP contribution in [0.4, 0.5) is 0 Å². The molecule has 0 unspecified atom stereocenters. The van der Waals surface area contributed by atoms with Gasteiger partial charge in [0.15, 0.2) is 9.84 Å². The number of unbranched alkanes of at least 4 members (excludes halogenated alkanes) is 3. The fourth-order valence-corrected chi connectivity index (χ4v) is 4.00. The highest BCUT2D eigenvalue weighted by Crippen LogP contribution is 2.29. The summed E-state index contributed by atoms with van der Waals surface area (Å²) in [4.78, 5) is 39.6. The average Bonchev–Trinajstić information content (AvgIpc) is 2.87. The van der Waals surface area contributed by atoms with Gasteiger partial charge >= 0.3 is 11.9 Å². The van der Waals surface area contributed by atoms with Crippen LogP contribution in [0.5, 0.6) is 0 Å². The first-order valence-electron chi connectivity index (χ1n) is 11.5. The third-order valence-corrected chi connectivity index (χ3v) is 6.34. The van der Waals surface area contributed by atoms with Crippen molar-refractivity contribution in [1.82, 2.24) is 0 Å². The molecule has 0 aliphatic carbocycles. The number of rotatable bonds is 15. The summed E-state index contributed by atoms with van der Waals surface area (Å²) in [6.45, 7) is -0.521. The van der Waals surface area contributed by atoms with E-state index in [1.54, 1.807) is 30.3 Å². The number of esters is 2. The van der Waals surface area contributed by atoms with Gasteiger partial charge in [-0.2, -0.15) is 0 Å². The molecule has 0 fully saturated rings. The van der Waals surface area contributed by atoms with Crippen LogP contribution < -0.4 is 5.73 Å². The number of benzene rings is 2. The molecule has 12 heteroatoms. The second kappa shape index (κ2) is 14.7. The predicted octanol–water partition coefficient (Wildman–Crippen LogP) is 2.81. The zero-order valence-corrected chi connectivity index (χ0v) is 21.3. The Kier molecular flexibility index (Phi) is 11.7. The summed E-state index contributed by atoms with van der Waals surface area (Å²) in [5.41, 5.74) is 6.85. The lowest BCUT2D eigenvalue weighted by Crippen LogP contribution is -2.19. The maximum atomic E-state index is 13.3. The number of hydrogen-bond acceptors (Lipinski definition) is 10. The van der Waals surface area contributed by atoms with Crippen molar-refractivity contribution in [1.29, 1.82) is 0 Å². The molecule has 0 bridgehead atoms. The van der Waals surface area contributed by atoms with Gasteiger partial charge in [-0.15, -0.1) is 10.1 Å². The van der Waals surface area contributed by atoms with Gasteiger partial charge in [0.1, 0.15) is 6.61 Å². The molecule has 0 aliphatic heterocycles. The van der Waals surface area contributed by atoms with Crippen molar-refractivity contribution in [3.8, 4) is 0 Å². The van der Waals surface area contributed by atoms with Crippen LogP contribution in [-0.4, -0.2) is 58.1 Å². The van der Waals surface area contributed by atoms with E-state index >= 15 is 0 Å². The maximum Gasteiger partial charge on any atom is 0.339 e. The predicted molar refractivity (Wildman–Crippen MR) is 135 cm³/mol. The topological polar surface area (TPSA) is 165 Å². The largest absolute Gasteiger partial charge is 0.462 e. The van der Waals surface area contributed by atoms with E-state index in [1.165, 1.54) is 24.3 Å². The van der Waals surface area contributed by atoms with Crippen LogP contribution in [0.25, 0.3) is 11.1 Å².